The van der Waals surface area contributed by atoms with Gasteiger partial charge in [0.1, 0.15) is 6.04 Å². The number of piperidine rings is 1. The molecule has 2 N–H and O–H groups in total. The van der Waals surface area contributed by atoms with E-state index in [0.29, 0.717) is 11.7 Å². The van der Waals surface area contributed by atoms with E-state index in [1.54, 1.807) is 6.20 Å². The number of likely N-dealkylation sites (tertiary alicyclic amines) is 1. The van der Waals surface area contributed by atoms with Gasteiger partial charge in [-0.3, -0.25) is 5.32 Å². The number of carboxylic acid groups (broad SMARTS) is 1. The van der Waals surface area contributed by atoms with E-state index in [9.17, 15) is 14.7 Å². The number of amides is 2. The number of halogens is 1. The molecule has 1 aliphatic rings. The lowest BCUT2D eigenvalue weighted by molar-refractivity contribution is -0.148. The standard InChI is InChI=1S/C12H16BrN3O3S/c1-12(2)4-3-5-16(8(12)9(17)18)11(19)15-10-14-6-7(13)20-10/h6,8H,3-5H2,1-2H3,(H,17,18)(H,14,15,19). The molecule has 0 bridgehead atoms. The van der Waals surface area contributed by atoms with Gasteiger partial charge in [-0.1, -0.05) is 25.2 Å². The number of hydrogen-bond donors (Lipinski definition) is 2. The zero-order chi connectivity index (χ0) is 14.9. The van der Waals surface area contributed by atoms with E-state index in [2.05, 4.69) is 26.2 Å². The van der Waals surface area contributed by atoms with E-state index in [1.165, 1.54) is 16.2 Å². The van der Waals surface area contributed by atoms with E-state index in [1.807, 2.05) is 13.8 Å². The van der Waals surface area contributed by atoms with Crippen molar-refractivity contribution < 1.29 is 14.7 Å². The maximum absolute atomic E-state index is 12.3. The number of anilines is 1. The average molecular weight is 362 g/mol. The summed E-state index contributed by atoms with van der Waals surface area (Å²) >= 11 is 4.56. The summed E-state index contributed by atoms with van der Waals surface area (Å²) in [6.45, 7) is 4.20. The van der Waals surface area contributed by atoms with Gasteiger partial charge in [0.05, 0.1) is 9.98 Å². The first kappa shape index (κ1) is 15.2. The highest BCUT2D eigenvalue weighted by atomic mass is 79.9. The van der Waals surface area contributed by atoms with Crippen LogP contribution in [0.4, 0.5) is 9.93 Å². The Labute approximate surface area is 129 Å². The molecule has 2 heterocycles. The van der Waals surface area contributed by atoms with Crippen molar-refractivity contribution in [3.8, 4) is 0 Å². The zero-order valence-corrected chi connectivity index (χ0v) is 13.6. The maximum atomic E-state index is 12.3. The van der Waals surface area contributed by atoms with Crippen LogP contribution < -0.4 is 5.32 Å². The Kier molecular flexibility index (Phi) is 4.33. The molecule has 0 radical (unpaired) electrons. The molecule has 1 aromatic heterocycles. The summed E-state index contributed by atoms with van der Waals surface area (Å²) in [4.78, 5) is 29.2. The fraction of sp³-hybridized carbons (Fsp3) is 0.583. The monoisotopic (exact) mass is 361 g/mol. The number of nitrogens with one attached hydrogen (secondary N) is 1. The van der Waals surface area contributed by atoms with Gasteiger partial charge in [0.15, 0.2) is 5.13 Å². The minimum absolute atomic E-state index is 0.410. The van der Waals surface area contributed by atoms with E-state index < -0.39 is 23.5 Å². The maximum Gasteiger partial charge on any atom is 0.327 e. The quantitative estimate of drug-likeness (QED) is 0.847. The number of hydrogen-bond acceptors (Lipinski definition) is 4. The van der Waals surface area contributed by atoms with Crippen LogP contribution in [0.5, 0.6) is 0 Å². The normalized spacial score (nSPS) is 21.6. The second-order valence-electron chi connectivity index (χ2n) is 5.43. The molecule has 110 valence electrons. The Morgan fingerprint density at radius 2 is 2.30 bits per heavy atom. The Hall–Kier alpha value is -1.15. The molecule has 0 aromatic carbocycles. The van der Waals surface area contributed by atoms with Crippen LogP contribution in [0, 0.1) is 5.41 Å². The van der Waals surface area contributed by atoms with Crippen LogP contribution in [0.15, 0.2) is 9.98 Å². The molecule has 20 heavy (non-hydrogen) atoms. The SMILES string of the molecule is CC1(C)CCCN(C(=O)Nc2ncc(Br)s2)C1C(=O)O. The Morgan fingerprint density at radius 1 is 1.60 bits per heavy atom. The molecule has 6 nitrogen and oxygen atoms in total. The first-order valence-electron chi connectivity index (χ1n) is 6.23. The van der Waals surface area contributed by atoms with Gasteiger partial charge in [0.2, 0.25) is 0 Å². The molecule has 0 spiro atoms. The molecule has 1 aromatic rings. The second-order valence-corrected chi connectivity index (χ2v) is 7.84. The van der Waals surface area contributed by atoms with Crippen LogP contribution in [0.3, 0.4) is 0 Å². The molecular formula is C12H16BrN3O3S. The predicted molar refractivity (Wildman–Crippen MR) is 80.0 cm³/mol. The van der Waals surface area contributed by atoms with Crippen LogP contribution >= 0.6 is 27.3 Å². The number of aromatic nitrogens is 1. The van der Waals surface area contributed by atoms with Gasteiger partial charge in [-0.25, -0.2) is 14.6 Å². The van der Waals surface area contributed by atoms with Gasteiger partial charge in [-0.05, 0) is 34.2 Å². The number of thiazole rings is 1. The van der Waals surface area contributed by atoms with Crippen LogP contribution in [0.2, 0.25) is 0 Å². The highest BCUT2D eigenvalue weighted by molar-refractivity contribution is 9.11. The number of nitrogens with zero attached hydrogens (tertiary/aromatic N) is 2. The molecule has 0 aliphatic carbocycles. The van der Waals surface area contributed by atoms with Crippen molar-refractivity contribution in [1.82, 2.24) is 9.88 Å². The van der Waals surface area contributed by atoms with Crippen molar-refractivity contribution in [3.05, 3.63) is 9.98 Å². The molecule has 1 unspecified atom stereocenters. The van der Waals surface area contributed by atoms with Gasteiger partial charge < -0.3 is 10.0 Å². The molecule has 1 aliphatic heterocycles. The van der Waals surface area contributed by atoms with Crippen LogP contribution in [-0.2, 0) is 4.79 Å². The number of rotatable bonds is 2. The zero-order valence-electron chi connectivity index (χ0n) is 11.2. The second kappa shape index (κ2) is 5.69. The lowest BCUT2D eigenvalue weighted by atomic mass is 9.76. The summed E-state index contributed by atoms with van der Waals surface area (Å²) in [6, 6.07) is -1.23. The first-order chi connectivity index (χ1) is 9.31. The highest BCUT2D eigenvalue weighted by Crippen LogP contribution is 2.35. The number of carbonyl (C=O) groups excluding carboxylic acids is 1. The summed E-state index contributed by atoms with van der Waals surface area (Å²) in [5, 5.41) is 12.5. The molecule has 1 saturated heterocycles. The summed E-state index contributed by atoms with van der Waals surface area (Å²) < 4.78 is 0.807. The van der Waals surface area contributed by atoms with Gasteiger partial charge in [0.25, 0.3) is 0 Å². The minimum Gasteiger partial charge on any atom is -0.480 e. The molecule has 2 rings (SSSR count). The van der Waals surface area contributed by atoms with Crippen LogP contribution in [-0.4, -0.2) is 39.6 Å². The number of carbonyl (C=O) groups is 2. The molecule has 8 heteroatoms. The lowest BCUT2D eigenvalue weighted by Crippen LogP contribution is -2.57. The number of urea groups is 1. The van der Waals surface area contributed by atoms with Crippen molar-refractivity contribution in [3.63, 3.8) is 0 Å². The van der Waals surface area contributed by atoms with Crippen molar-refractivity contribution in [2.75, 3.05) is 11.9 Å². The van der Waals surface area contributed by atoms with Crippen molar-refractivity contribution in [2.45, 2.75) is 32.7 Å². The third-order valence-corrected chi connectivity index (χ3v) is 4.85. The smallest absolute Gasteiger partial charge is 0.327 e. The Bertz CT molecular complexity index is 532. The van der Waals surface area contributed by atoms with Crippen molar-refractivity contribution >= 4 is 44.4 Å². The average Bonchev–Trinajstić information content (AvgIpc) is 2.72. The summed E-state index contributed by atoms with van der Waals surface area (Å²) in [5.41, 5.74) is -0.440. The molecular weight excluding hydrogens is 346 g/mol. The van der Waals surface area contributed by atoms with E-state index in [4.69, 9.17) is 0 Å². The van der Waals surface area contributed by atoms with Gasteiger partial charge in [0, 0.05) is 6.54 Å². The number of aliphatic carboxylic acids is 1. The van der Waals surface area contributed by atoms with E-state index >= 15 is 0 Å². The van der Waals surface area contributed by atoms with E-state index in [0.717, 1.165) is 16.6 Å². The summed E-state index contributed by atoms with van der Waals surface area (Å²) in [5.74, 6) is -0.967. The lowest BCUT2D eigenvalue weighted by Gasteiger charge is -2.43. The molecule has 2 amide bonds. The topological polar surface area (TPSA) is 82.5 Å². The first-order valence-corrected chi connectivity index (χ1v) is 7.84. The molecule has 1 fully saturated rings. The Morgan fingerprint density at radius 3 is 2.85 bits per heavy atom. The van der Waals surface area contributed by atoms with Crippen LogP contribution in [0.1, 0.15) is 26.7 Å². The summed E-state index contributed by atoms with van der Waals surface area (Å²) in [6.07, 6.45) is 3.18. The molecule has 1 atom stereocenters. The van der Waals surface area contributed by atoms with Gasteiger partial charge >= 0.3 is 12.0 Å². The van der Waals surface area contributed by atoms with Gasteiger partial charge in [-0.2, -0.15) is 0 Å². The molecule has 0 saturated carbocycles. The number of carboxylic acids is 1. The predicted octanol–water partition coefficient (Wildman–Crippen LogP) is 3.01. The summed E-state index contributed by atoms with van der Waals surface area (Å²) in [7, 11) is 0. The fourth-order valence-electron chi connectivity index (χ4n) is 2.55. The van der Waals surface area contributed by atoms with Crippen molar-refractivity contribution in [2.24, 2.45) is 5.41 Å². The van der Waals surface area contributed by atoms with E-state index in [-0.39, 0.29) is 0 Å². The Balaban J connectivity index is 2.16. The largest absolute Gasteiger partial charge is 0.480 e. The third kappa shape index (κ3) is 3.12. The van der Waals surface area contributed by atoms with Crippen LogP contribution in [0.25, 0.3) is 0 Å². The fourth-order valence-corrected chi connectivity index (χ4v) is 3.65. The van der Waals surface area contributed by atoms with Crippen molar-refractivity contribution in [1.29, 1.82) is 0 Å². The van der Waals surface area contributed by atoms with Gasteiger partial charge in [-0.15, -0.1) is 0 Å². The third-order valence-electron chi connectivity index (χ3n) is 3.46. The minimum atomic E-state index is -0.967. The highest BCUT2D eigenvalue weighted by Gasteiger charge is 2.44.